The molecule has 0 aromatic heterocycles. The van der Waals surface area contributed by atoms with Crippen molar-refractivity contribution in [1.82, 2.24) is 0 Å². The molecule has 2 N–H and O–H groups in total. The second-order valence-corrected chi connectivity index (χ2v) is 5.82. The minimum atomic E-state index is -0.676. The van der Waals surface area contributed by atoms with Crippen molar-refractivity contribution >= 4 is 21.9 Å². The highest BCUT2D eigenvalue weighted by Gasteiger charge is 2.29. The van der Waals surface area contributed by atoms with Gasteiger partial charge in [-0.15, -0.1) is 0 Å². The highest BCUT2D eigenvalue weighted by Crippen LogP contribution is 2.28. The number of halogens is 1. The zero-order chi connectivity index (χ0) is 14.5. The maximum absolute atomic E-state index is 11.6. The van der Waals surface area contributed by atoms with E-state index in [1.165, 1.54) is 7.11 Å². The molecule has 0 radical (unpaired) electrons. The lowest BCUT2D eigenvalue weighted by molar-refractivity contribution is -0.152. The van der Waals surface area contributed by atoms with Gasteiger partial charge in [-0.25, -0.2) is 0 Å². The number of hydrogen-bond acceptors (Lipinski definition) is 4. The van der Waals surface area contributed by atoms with Gasteiger partial charge in [-0.05, 0) is 60.4 Å². The molecule has 0 amide bonds. The molecule has 1 rings (SSSR count). The molecule has 0 saturated heterocycles. The van der Waals surface area contributed by atoms with Crippen LogP contribution >= 0.6 is 15.9 Å². The van der Waals surface area contributed by atoms with E-state index >= 15 is 0 Å². The molecule has 0 spiro atoms. The van der Waals surface area contributed by atoms with Crippen molar-refractivity contribution < 1.29 is 14.3 Å². The number of methoxy groups -OCH3 is 1. The highest BCUT2D eigenvalue weighted by molar-refractivity contribution is 9.10. The van der Waals surface area contributed by atoms with Crippen LogP contribution in [-0.2, 0) is 16.0 Å². The van der Waals surface area contributed by atoms with Gasteiger partial charge in [-0.3, -0.25) is 4.79 Å². The Labute approximate surface area is 122 Å². The first kappa shape index (κ1) is 16.0. The van der Waals surface area contributed by atoms with Gasteiger partial charge in [0.1, 0.15) is 12.4 Å². The molecule has 0 unspecified atom stereocenters. The molecule has 19 heavy (non-hydrogen) atoms. The molecule has 5 heteroatoms. The number of ether oxygens (including phenoxy) is 2. The number of benzene rings is 1. The van der Waals surface area contributed by atoms with Gasteiger partial charge in [0.15, 0.2) is 0 Å². The van der Waals surface area contributed by atoms with E-state index in [-0.39, 0.29) is 12.6 Å². The number of esters is 1. The van der Waals surface area contributed by atoms with Crippen molar-refractivity contribution in [3.63, 3.8) is 0 Å². The highest BCUT2D eigenvalue weighted by atomic mass is 79.9. The summed E-state index contributed by atoms with van der Waals surface area (Å²) in [7, 11) is 1.38. The van der Waals surface area contributed by atoms with Gasteiger partial charge in [-0.2, -0.15) is 0 Å². The first-order valence-electron chi connectivity index (χ1n) is 6.10. The summed E-state index contributed by atoms with van der Waals surface area (Å²) in [6.45, 7) is 4.45. The molecular weight excluding hydrogens is 310 g/mol. The number of rotatable bonds is 6. The molecule has 0 aliphatic rings. The van der Waals surface area contributed by atoms with E-state index in [1.807, 2.05) is 18.2 Å². The summed E-state index contributed by atoms with van der Waals surface area (Å²) in [5.41, 5.74) is 5.99. The zero-order valence-electron chi connectivity index (χ0n) is 11.5. The van der Waals surface area contributed by atoms with Crippen LogP contribution in [-0.4, -0.2) is 26.2 Å². The van der Waals surface area contributed by atoms with Crippen LogP contribution in [0.4, 0.5) is 0 Å². The topological polar surface area (TPSA) is 61.5 Å². The van der Waals surface area contributed by atoms with Crippen LogP contribution < -0.4 is 10.5 Å². The van der Waals surface area contributed by atoms with Crippen LogP contribution in [0.3, 0.4) is 0 Å². The van der Waals surface area contributed by atoms with Crippen LogP contribution in [0.25, 0.3) is 0 Å². The van der Waals surface area contributed by atoms with Crippen molar-refractivity contribution in [2.24, 2.45) is 11.1 Å². The van der Waals surface area contributed by atoms with E-state index in [9.17, 15) is 4.79 Å². The molecule has 0 atom stereocenters. The van der Waals surface area contributed by atoms with Crippen LogP contribution in [0.15, 0.2) is 22.7 Å². The summed E-state index contributed by atoms with van der Waals surface area (Å²) in [6.07, 6.45) is 0.826. The van der Waals surface area contributed by atoms with Crippen molar-refractivity contribution in [3.05, 3.63) is 28.2 Å². The molecule has 4 nitrogen and oxygen atoms in total. The number of hydrogen-bond donors (Lipinski definition) is 1. The van der Waals surface area contributed by atoms with Crippen LogP contribution in [0.2, 0.25) is 0 Å². The third kappa shape index (κ3) is 4.51. The SMILES string of the molecule is COC(=O)C(C)(C)COc1ccc(CCN)cc1Br. The average Bonchev–Trinajstić information content (AvgIpc) is 2.37. The third-order valence-electron chi connectivity index (χ3n) is 2.76. The second kappa shape index (κ2) is 6.91. The molecule has 1 aromatic carbocycles. The molecule has 0 aliphatic carbocycles. The van der Waals surface area contributed by atoms with E-state index in [4.69, 9.17) is 15.2 Å². The Morgan fingerprint density at radius 1 is 1.42 bits per heavy atom. The Morgan fingerprint density at radius 2 is 2.11 bits per heavy atom. The van der Waals surface area contributed by atoms with Crippen LogP contribution in [0, 0.1) is 5.41 Å². The predicted octanol–water partition coefficient (Wildman–Crippen LogP) is 2.53. The minimum absolute atomic E-state index is 0.258. The lowest BCUT2D eigenvalue weighted by Crippen LogP contribution is -2.32. The van der Waals surface area contributed by atoms with Crippen molar-refractivity contribution in [3.8, 4) is 5.75 Å². The largest absolute Gasteiger partial charge is 0.491 e. The molecule has 0 saturated carbocycles. The lowest BCUT2D eigenvalue weighted by atomic mass is 9.95. The normalized spacial score (nSPS) is 11.2. The summed E-state index contributed by atoms with van der Waals surface area (Å²) in [4.78, 5) is 11.6. The zero-order valence-corrected chi connectivity index (χ0v) is 13.1. The maximum atomic E-state index is 11.6. The van der Waals surface area contributed by atoms with Gasteiger partial charge >= 0.3 is 5.97 Å². The van der Waals surface area contributed by atoms with Gasteiger partial charge in [0, 0.05) is 0 Å². The van der Waals surface area contributed by atoms with Crippen molar-refractivity contribution in [1.29, 1.82) is 0 Å². The summed E-state index contributed by atoms with van der Waals surface area (Å²) in [5, 5.41) is 0. The van der Waals surface area contributed by atoms with E-state index in [0.29, 0.717) is 12.3 Å². The molecule has 0 bridgehead atoms. The molecular formula is C14H20BrNO3. The molecule has 1 aromatic rings. The van der Waals surface area contributed by atoms with E-state index in [1.54, 1.807) is 13.8 Å². The molecule has 0 fully saturated rings. The average molecular weight is 330 g/mol. The van der Waals surface area contributed by atoms with Gasteiger partial charge in [0.05, 0.1) is 17.0 Å². The van der Waals surface area contributed by atoms with E-state index < -0.39 is 5.41 Å². The number of carbonyl (C=O) groups excluding carboxylic acids is 1. The summed E-state index contributed by atoms with van der Waals surface area (Å²) < 4.78 is 11.3. The maximum Gasteiger partial charge on any atom is 0.314 e. The van der Waals surface area contributed by atoms with Gasteiger partial charge in [0.25, 0.3) is 0 Å². The first-order valence-corrected chi connectivity index (χ1v) is 6.89. The van der Waals surface area contributed by atoms with Gasteiger partial charge < -0.3 is 15.2 Å². The predicted molar refractivity (Wildman–Crippen MR) is 78.2 cm³/mol. The van der Waals surface area contributed by atoms with Crippen LogP contribution in [0.5, 0.6) is 5.75 Å². The van der Waals surface area contributed by atoms with Gasteiger partial charge in [0.2, 0.25) is 0 Å². The quantitative estimate of drug-likeness (QED) is 0.814. The first-order chi connectivity index (χ1) is 8.90. The minimum Gasteiger partial charge on any atom is -0.491 e. The van der Waals surface area contributed by atoms with E-state index in [2.05, 4.69) is 15.9 Å². The summed E-state index contributed by atoms with van der Waals surface area (Å²) in [6, 6.07) is 5.83. The second-order valence-electron chi connectivity index (χ2n) is 4.97. The standard InChI is InChI=1S/C14H20BrNO3/c1-14(2,13(17)18-3)9-19-12-5-4-10(6-7-16)8-11(12)15/h4-5,8H,6-7,9,16H2,1-3H3. The number of nitrogens with two attached hydrogens (primary N) is 1. The smallest absolute Gasteiger partial charge is 0.314 e. The van der Waals surface area contributed by atoms with Crippen LogP contribution in [0.1, 0.15) is 19.4 Å². The number of carbonyl (C=O) groups is 1. The molecule has 0 aliphatic heterocycles. The molecule has 0 heterocycles. The van der Waals surface area contributed by atoms with Gasteiger partial charge in [-0.1, -0.05) is 6.07 Å². The Morgan fingerprint density at radius 3 is 2.63 bits per heavy atom. The van der Waals surface area contributed by atoms with Crippen molar-refractivity contribution in [2.75, 3.05) is 20.3 Å². The fourth-order valence-electron chi connectivity index (χ4n) is 1.58. The fraction of sp³-hybridized carbons (Fsp3) is 0.500. The summed E-state index contributed by atoms with van der Waals surface area (Å²) in [5.74, 6) is 0.418. The van der Waals surface area contributed by atoms with Crippen molar-refractivity contribution in [2.45, 2.75) is 20.3 Å². The Bertz CT molecular complexity index is 446. The lowest BCUT2D eigenvalue weighted by Gasteiger charge is -2.22. The Balaban J connectivity index is 2.70. The van der Waals surface area contributed by atoms with E-state index in [0.717, 1.165) is 16.5 Å². The Kier molecular flexibility index (Phi) is 5.82. The fourth-order valence-corrected chi connectivity index (χ4v) is 2.12. The Hall–Kier alpha value is -1.07. The monoisotopic (exact) mass is 329 g/mol. The third-order valence-corrected chi connectivity index (χ3v) is 3.38. The summed E-state index contributed by atoms with van der Waals surface area (Å²) >= 11 is 3.46. The molecule has 106 valence electrons.